The lowest BCUT2D eigenvalue weighted by atomic mass is 10.2. The normalized spacial score (nSPS) is 10.5. The van der Waals surface area contributed by atoms with E-state index in [-0.39, 0.29) is 25.3 Å². The summed E-state index contributed by atoms with van der Waals surface area (Å²) in [6.07, 6.45) is 0.402. The Morgan fingerprint density at radius 3 is 2.61 bits per heavy atom. The van der Waals surface area contributed by atoms with Crippen LogP contribution in [0.3, 0.4) is 0 Å². The number of benzene rings is 1. The van der Waals surface area contributed by atoms with E-state index >= 15 is 0 Å². The molecule has 0 aliphatic heterocycles. The van der Waals surface area contributed by atoms with E-state index in [4.69, 9.17) is 21.2 Å². The average molecular weight is 338 g/mol. The Morgan fingerprint density at radius 1 is 1.26 bits per heavy atom. The van der Waals surface area contributed by atoms with Gasteiger partial charge in [0.2, 0.25) is 17.6 Å². The molecule has 0 bridgehead atoms. The highest BCUT2D eigenvalue weighted by molar-refractivity contribution is 6.30. The Labute approximate surface area is 137 Å². The van der Waals surface area contributed by atoms with Crippen LogP contribution in [-0.2, 0) is 16.0 Å². The number of nitrogens with zero attached hydrogens (tertiary/aromatic N) is 3. The predicted molar refractivity (Wildman–Crippen MR) is 83.0 cm³/mol. The van der Waals surface area contributed by atoms with E-state index in [1.54, 1.807) is 31.3 Å². The van der Waals surface area contributed by atoms with E-state index < -0.39 is 5.97 Å². The van der Waals surface area contributed by atoms with Crippen molar-refractivity contribution >= 4 is 23.5 Å². The zero-order valence-corrected chi connectivity index (χ0v) is 13.3. The quantitative estimate of drug-likeness (QED) is 0.832. The molecular weight excluding hydrogens is 322 g/mol. The number of carboxylic acid groups (broad SMARTS) is 1. The van der Waals surface area contributed by atoms with Crippen molar-refractivity contribution in [2.75, 3.05) is 13.6 Å². The highest BCUT2D eigenvalue weighted by atomic mass is 35.5. The molecule has 23 heavy (non-hydrogen) atoms. The maximum absolute atomic E-state index is 11.9. The molecule has 0 aliphatic carbocycles. The second-order valence-electron chi connectivity index (χ2n) is 4.98. The number of aliphatic carboxylic acids is 1. The maximum atomic E-state index is 11.9. The van der Waals surface area contributed by atoms with E-state index in [1.165, 1.54) is 4.90 Å². The summed E-state index contributed by atoms with van der Waals surface area (Å²) in [5.74, 6) is -0.315. The smallest absolute Gasteiger partial charge is 0.305 e. The Kier molecular flexibility index (Phi) is 5.70. The number of carboxylic acids is 1. The zero-order chi connectivity index (χ0) is 16.8. The average Bonchev–Trinajstić information content (AvgIpc) is 2.99. The number of carbonyl (C=O) groups excluding carboxylic acids is 1. The number of aromatic nitrogens is 2. The molecule has 1 aromatic carbocycles. The summed E-state index contributed by atoms with van der Waals surface area (Å²) in [5.41, 5.74) is 0.773. The van der Waals surface area contributed by atoms with Gasteiger partial charge in [-0.1, -0.05) is 16.8 Å². The molecule has 122 valence electrons. The standard InChI is InChI=1S/C15H16ClN3O4/c1-19(9-8-14(21)22)13(20)7-6-12-17-15(18-23-12)10-2-4-11(16)5-3-10/h2-5H,6-9H2,1H3,(H,21,22). The van der Waals surface area contributed by atoms with Crippen LogP contribution in [0, 0.1) is 0 Å². The molecule has 2 rings (SSSR count). The SMILES string of the molecule is CN(CCC(=O)O)C(=O)CCc1nc(-c2ccc(Cl)cc2)no1. The third kappa shape index (κ3) is 5.07. The minimum atomic E-state index is -0.936. The van der Waals surface area contributed by atoms with Crippen LogP contribution in [0.2, 0.25) is 5.02 Å². The van der Waals surface area contributed by atoms with Crippen molar-refractivity contribution < 1.29 is 19.2 Å². The molecule has 2 aromatic rings. The van der Waals surface area contributed by atoms with Crippen LogP contribution in [0.5, 0.6) is 0 Å². The minimum Gasteiger partial charge on any atom is -0.481 e. The van der Waals surface area contributed by atoms with Gasteiger partial charge in [-0.15, -0.1) is 0 Å². The molecule has 0 saturated carbocycles. The number of aryl methyl sites for hydroxylation is 1. The summed E-state index contributed by atoms with van der Waals surface area (Å²) in [7, 11) is 1.57. The van der Waals surface area contributed by atoms with Crippen LogP contribution in [0.15, 0.2) is 28.8 Å². The van der Waals surface area contributed by atoms with E-state index in [1.807, 2.05) is 0 Å². The Bertz CT molecular complexity index is 684. The Morgan fingerprint density at radius 2 is 1.96 bits per heavy atom. The van der Waals surface area contributed by atoms with Gasteiger partial charge in [0.1, 0.15) is 0 Å². The number of hydrogen-bond donors (Lipinski definition) is 1. The van der Waals surface area contributed by atoms with E-state index in [0.29, 0.717) is 23.2 Å². The van der Waals surface area contributed by atoms with Crippen LogP contribution >= 0.6 is 11.6 Å². The number of hydrogen-bond acceptors (Lipinski definition) is 5. The number of rotatable bonds is 7. The third-order valence-corrected chi connectivity index (χ3v) is 3.46. The van der Waals surface area contributed by atoms with Gasteiger partial charge in [0.05, 0.1) is 6.42 Å². The van der Waals surface area contributed by atoms with Gasteiger partial charge in [-0.3, -0.25) is 9.59 Å². The van der Waals surface area contributed by atoms with Crippen molar-refractivity contribution in [3.63, 3.8) is 0 Å². The van der Waals surface area contributed by atoms with Crippen molar-refractivity contribution in [1.82, 2.24) is 15.0 Å². The minimum absolute atomic E-state index is 0.0798. The summed E-state index contributed by atoms with van der Waals surface area (Å²) in [6, 6.07) is 7.02. The lowest BCUT2D eigenvalue weighted by Gasteiger charge is -2.15. The molecule has 7 nitrogen and oxygen atoms in total. The van der Waals surface area contributed by atoms with E-state index in [0.717, 1.165) is 5.56 Å². The Balaban J connectivity index is 1.88. The highest BCUT2D eigenvalue weighted by Gasteiger charge is 2.14. The van der Waals surface area contributed by atoms with Gasteiger partial charge in [-0.2, -0.15) is 4.98 Å². The van der Waals surface area contributed by atoms with Gasteiger partial charge in [-0.25, -0.2) is 0 Å². The van der Waals surface area contributed by atoms with Crippen molar-refractivity contribution in [2.24, 2.45) is 0 Å². The molecule has 1 N–H and O–H groups in total. The van der Waals surface area contributed by atoms with Crippen molar-refractivity contribution in [2.45, 2.75) is 19.3 Å². The van der Waals surface area contributed by atoms with Crippen LogP contribution in [0.4, 0.5) is 0 Å². The van der Waals surface area contributed by atoms with Crippen molar-refractivity contribution in [3.8, 4) is 11.4 Å². The molecule has 0 atom stereocenters. The first kappa shape index (κ1) is 17.0. The summed E-state index contributed by atoms with van der Waals surface area (Å²) in [5, 5.41) is 13.1. The monoisotopic (exact) mass is 337 g/mol. The summed E-state index contributed by atoms with van der Waals surface area (Å²) in [6.45, 7) is 0.175. The topological polar surface area (TPSA) is 96.5 Å². The lowest BCUT2D eigenvalue weighted by molar-refractivity contribution is -0.138. The first-order valence-electron chi connectivity index (χ1n) is 7.00. The van der Waals surface area contributed by atoms with Gasteiger partial charge in [0.25, 0.3) is 0 Å². The van der Waals surface area contributed by atoms with Gasteiger partial charge in [0.15, 0.2) is 0 Å². The van der Waals surface area contributed by atoms with E-state index in [9.17, 15) is 9.59 Å². The lowest BCUT2D eigenvalue weighted by Crippen LogP contribution is -2.29. The molecule has 1 heterocycles. The van der Waals surface area contributed by atoms with Crippen LogP contribution in [0.1, 0.15) is 18.7 Å². The molecule has 1 amide bonds. The molecule has 0 aliphatic rings. The molecule has 0 radical (unpaired) electrons. The second-order valence-corrected chi connectivity index (χ2v) is 5.41. The molecule has 0 spiro atoms. The number of halogens is 1. The van der Waals surface area contributed by atoms with Gasteiger partial charge in [0, 0.05) is 37.0 Å². The van der Waals surface area contributed by atoms with Crippen LogP contribution < -0.4 is 0 Å². The van der Waals surface area contributed by atoms with Gasteiger partial charge >= 0.3 is 5.97 Å². The first-order chi connectivity index (χ1) is 11.0. The fourth-order valence-electron chi connectivity index (χ4n) is 1.87. The van der Waals surface area contributed by atoms with Crippen molar-refractivity contribution in [3.05, 3.63) is 35.2 Å². The largest absolute Gasteiger partial charge is 0.481 e. The van der Waals surface area contributed by atoms with Gasteiger partial charge in [-0.05, 0) is 24.3 Å². The van der Waals surface area contributed by atoms with Crippen LogP contribution in [-0.4, -0.2) is 45.6 Å². The number of carbonyl (C=O) groups is 2. The van der Waals surface area contributed by atoms with E-state index in [2.05, 4.69) is 10.1 Å². The first-order valence-corrected chi connectivity index (χ1v) is 7.38. The van der Waals surface area contributed by atoms with Crippen molar-refractivity contribution in [1.29, 1.82) is 0 Å². The maximum Gasteiger partial charge on any atom is 0.305 e. The third-order valence-electron chi connectivity index (χ3n) is 3.21. The summed E-state index contributed by atoms with van der Waals surface area (Å²) < 4.78 is 5.12. The molecular formula is C15H16ClN3O4. The molecule has 8 heteroatoms. The predicted octanol–water partition coefficient (Wildman–Crippen LogP) is 2.26. The second kappa shape index (κ2) is 7.73. The van der Waals surface area contributed by atoms with Crippen LogP contribution in [0.25, 0.3) is 11.4 Å². The highest BCUT2D eigenvalue weighted by Crippen LogP contribution is 2.19. The molecule has 0 saturated heterocycles. The molecule has 1 aromatic heterocycles. The fourth-order valence-corrected chi connectivity index (χ4v) is 1.99. The summed E-state index contributed by atoms with van der Waals surface area (Å²) >= 11 is 5.82. The molecule has 0 unspecified atom stereocenters. The zero-order valence-electron chi connectivity index (χ0n) is 12.5. The molecule has 0 fully saturated rings. The fraction of sp³-hybridized carbons (Fsp3) is 0.333. The summed E-state index contributed by atoms with van der Waals surface area (Å²) in [4.78, 5) is 28.0. The Hall–Kier alpha value is -2.41. The number of amides is 1. The van der Waals surface area contributed by atoms with Gasteiger partial charge < -0.3 is 14.5 Å².